The van der Waals surface area contributed by atoms with Gasteiger partial charge in [0, 0.05) is 55.1 Å². The molecule has 3 aromatic carbocycles. The number of ether oxygens (including phenoxy) is 2. The van der Waals surface area contributed by atoms with Crippen molar-refractivity contribution in [3.8, 4) is 11.4 Å². The quantitative estimate of drug-likeness (QED) is 0.200. The second kappa shape index (κ2) is 14.6. The second-order valence-corrected chi connectivity index (χ2v) is 13.3. The molecular weight excluding hydrogens is 658 g/mol. The lowest BCUT2D eigenvalue weighted by Crippen LogP contribution is -2.46. The van der Waals surface area contributed by atoms with E-state index in [0.29, 0.717) is 31.6 Å². The molecule has 4 atom stereocenters. The fourth-order valence-electron chi connectivity index (χ4n) is 7.24. The van der Waals surface area contributed by atoms with E-state index >= 15 is 0 Å². The number of nitrogens with zero attached hydrogens (tertiary/aromatic N) is 8. The van der Waals surface area contributed by atoms with Crippen molar-refractivity contribution in [3.05, 3.63) is 113 Å². The smallest absolute Gasteiger partial charge is 0.350 e. The first kappa shape index (κ1) is 34.4. The number of aliphatic hydroxyl groups excluding tert-OH is 1. The molecule has 0 amide bonds. The van der Waals surface area contributed by atoms with E-state index in [-0.39, 0.29) is 24.2 Å². The van der Waals surface area contributed by atoms with Gasteiger partial charge in [0.05, 0.1) is 37.6 Å². The van der Waals surface area contributed by atoms with Gasteiger partial charge in [0.2, 0.25) is 0 Å². The van der Waals surface area contributed by atoms with Crippen molar-refractivity contribution in [2.24, 2.45) is 5.92 Å². The minimum absolute atomic E-state index is 0.0121. The summed E-state index contributed by atoms with van der Waals surface area (Å²) in [6, 6.07) is 19.2. The second-order valence-electron chi connectivity index (χ2n) is 13.3. The molecular formula is C37H42F2N8O4. The van der Waals surface area contributed by atoms with Crippen LogP contribution in [-0.4, -0.2) is 79.7 Å². The van der Waals surface area contributed by atoms with Gasteiger partial charge < -0.3 is 24.4 Å². The maximum atomic E-state index is 15.0. The Kier molecular flexibility index (Phi) is 9.87. The molecule has 2 aromatic heterocycles. The largest absolute Gasteiger partial charge is 0.493 e. The van der Waals surface area contributed by atoms with E-state index in [0.717, 1.165) is 55.1 Å². The number of anilines is 2. The highest BCUT2D eigenvalue weighted by molar-refractivity contribution is 5.54. The first-order valence-electron chi connectivity index (χ1n) is 17.3. The molecule has 2 fully saturated rings. The van der Waals surface area contributed by atoms with Crippen molar-refractivity contribution < 1.29 is 23.4 Å². The molecule has 5 aromatic rings. The number of hydrogen-bond donors (Lipinski definition) is 1. The molecule has 0 bridgehead atoms. The van der Waals surface area contributed by atoms with Gasteiger partial charge in [0.1, 0.15) is 42.0 Å². The summed E-state index contributed by atoms with van der Waals surface area (Å²) < 4.78 is 45.6. The summed E-state index contributed by atoms with van der Waals surface area (Å²) in [5.74, 6) is -0.563. The molecule has 12 nitrogen and oxygen atoms in total. The highest BCUT2D eigenvalue weighted by Crippen LogP contribution is 2.42. The lowest BCUT2D eigenvalue weighted by molar-refractivity contribution is -0.0206. The lowest BCUT2D eigenvalue weighted by atomic mass is 9.87. The van der Waals surface area contributed by atoms with E-state index in [9.17, 15) is 18.7 Å². The fraction of sp³-hybridized carbons (Fsp3) is 0.405. The van der Waals surface area contributed by atoms with Gasteiger partial charge in [-0.2, -0.15) is 10.2 Å². The predicted octanol–water partition coefficient (Wildman–Crippen LogP) is 4.57. The van der Waals surface area contributed by atoms with E-state index in [2.05, 4.69) is 37.1 Å². The molecule has 0 saturated carbocycles. The highest BCUT2D eigenvalue weighted by Gasteiger charge is 2.44. The molecule has 0 aliphatic carbocycles. The standard InChI is InChI=1S/C37H42F2N8O4/c1-3-35(26(2)48)47-36(49)46(25-42-47)31-7-5-29(6-8-31)43-14-16-44(17-15-43)30-9-11-32(12-10-30)50-20-27-19-37(51-21-27,22-45-24-40-23-41-45)33-13-4-28(38)18-34(33)39/h4-13,18,23-27,35,48H,3,14-17,19-22H2,1-2H3/t26-,27+,35-,37+/m0/s1. The monoisotopic (exact) mass is 700 g/mol. The van der Waals surface area contributed by atoms with Crippen molar-refractivity contribution >= 4 is 11.4 Å². The molecule has 0 spiro atoms. The minimum atomic E-state index is -1.02. The van der Waals surface area contributed by atoms with Gasteiger partial charge in [-0.05, 0) is 74.4 Å². The van der Waals surface area contributed by atoms with Gasteiger partial charge in [-0.15, -0.1) is 0 Å². The van der Waals surface area contributed by atoms with Crippen LogP contribution in [-0.2, 0) is 16.9 Å². The SMILES string of the molecule is CC[C@@H]([C@H](C)O)n1ncn(-c2ccc(N3CCN(c4ccc(OC[C@@H]5CO[C@](Cn6cncn6)(c6ccc(F)cc6F)C5)cc4)CC3)cc2)c1=O. The van der Waals surface area contributed by atoms with Crippen molar-refractivity contribution in [3.63, 3.8) is 0 Å². The Morgan fingerprint density at radius 3 is 2.22 bits per heavy atom. The zero-order valence-electron chi connectivity index (χ0n) is 28.7. The van der Waals surface area contributed by atoms with Crippen LogP contribution in [0, 0.1) is 17.6 Å². The summed E-state index contributed by atoms with van der Waals surface area (Å²) in [4.78, 5) is 21.7. The number of rotatable bonds is 12. The molecule has 268 valence electrons. The molecule has 4 heterocycles. The Morgan fingerprint density at radius 1 is 0.941 bits per heavy atom. The summed E-state index contributed by atoms with van der Waals surface area (Å²) in [7, 11) is 0. The van der Waals surface area contributed by atoms with Crippen LogP contribution in [0.15, 0.2) is 90.5 Å². The summed E-state index contributed by atoms with van der Waals surface area (Å²) in [5, 5.41) is 18.5. The Labute approximate surface area is 294 Å². The van der Waals surface area contributed by atoms with Crippen LogP contribution in [0.2, 0.25) is 0 Å². The average Bonchev–Trinajstić information content (AvgIpc) is 3.90. The lowest BCUT2D eigenvalue weighted by Gasteiger charge is -2.37. The maximum absolute atomic E-state index is 15.0. The van der Waals surface area contributed by atoms with Crippen LogP contribution < -0.4 is 20.2 Å². The van der Waals surface area contributed by atoms with E-state index in [1.54, 1.807) is 17.9 Å². The van der Waals surface area contributed by atoms with Crippen LogP contribution in [0.4, 0.5) is 20.2 Å². The van der Waals surface area contributed by atoms with Gasteiger partial charge in [-0.3, -0.25) is 0 Å². The Balaban J connectivity index is 0.923. The van der Waals surface area contributed by atoms with Crippen molar-refractivity contribution in [2.75, 3.05) is 49.2 Å². The fourth-order valence-corrected chi connectivity index (χ4v) is 7.24. The molecule has 2 saturated heterocycles. The molecule has 7 rings (SSSR count). The number of halogens is 2. The number of aliphatic hydroxyl groups is 1. The number of benzene rings is 3. The third-order valence-corrected chi connectivity index (χ3v) is 9.96. The molecule has 2 aliphatic rings. The van der Waals surface area contributed by atoms with Gasteiger partial charge in [-0.25, -0.2) is 32.5 Å². The zero-order valence-corrected chi connectivity index (χ0v) is 28.7. The molecule has 14 heteroatoms. The van der Waals surface area contributed by atoms with E-state index in [1.807, 2.05) is 43.3 Å². The van der Waals surface area contributed by atoms with Crippen LogP contribution in [0.1, 0.15) is 38.3 Å². The highest BCUT2D eigenvalue weighted by atomic mass is 19.1. The zero-order chi connectivity index (χ0) is 35.5. The van der Waals surface area contributed by atoms with Crippen molar-refractivity contribution in [1.29, 1.82) is 0 Å². The van der Waals surface area contributed by atoms with Crippen molar-refractivity contribution in [1.82, 2.24) is 29.1 Å². The Bertz CT molecular complexity index is 1960. The minimum Gasteiger partial charge on any atom is -0.493 e. The van der Waals surface area contributed by atoms with Crippen LogP contribution >= 0.6 is 0 Å². The molecule has 51 heavy (non-hydrogen) atoms. The van der Waals surface area contributed by atoms with Crippen molar-refractivity contribution in [2.45, 2.75) is 51.0 Å². The Hall–Kier alpha value is -5.08. The number of hydrogen-bond acceptors (Lipinski definition) is 9. The van der Waals surface area contributed by atoms with E-state index < -0.39 is 23.3 Å². The van der Waals surface area contributed by atoms with E-state index in [4.69, 9.17) is 9.47 Å². The molecule has 0 unspecified atom stereocenters. The molecule has 1 N–H and O–H groups in total. The van der Waals surface area contributed by atoms with Gasteiger partial charge in [0.25, 0.3) is 0 Å². The first-order valence-corrected chi connectivity index (χ1v) is 17.3. The normalized spacial score (nSPS) is 20.5. The van der Waals surface area contributed by atoms with Gasteiger partial charge in [-0.1, -0.05) is 13.0 Å². The third-order valence-electron chi connectivity index (χ3n) is 9.96. The predicted molar refractivity (Wildman–Crippen MR) is 187 cm³/mol. The summed E-state index contributed by atoms with van der Waals surface area (Å²) >= 11 is 0. The average molecular weight is 701 g/mol. The summed E-state index contributed by atoms with van der Waals surface area (Å²) in [6.45, 7) is 7.97. The molecule has 2 aliphatic heterocycles. The van der Waals surface area contributed by atoms with Gasteiger partial charge in [0.15, 0.2) is 0 Å². The number of aromatic nitrogens is 6. The molecule has 0 radical (unpaired) electrons. The topological polar surface area (TPSA) is 116 Å². The number of piperazine rings is 1. The van der Waals surface area contributed by atoms with Crippen LogP contribution in [0.3, 0.4) is 0 Å². The van der Waals surface area contributed by atoms with Gasteiger partial charge >= 0.3 is 5.69 Å². The summed E-state index contributed by atoms with van der Waals surface area (Å²) in [6.07, 6.45) is 4.88. The summed E-state index contributed by atoms with van der Waals surface area (Å²) in [5.41, 5.74) is 1.93. The third kappa shape index (κ3) is 7.24. The Morgan fingerprint density at radius 2 is 1.61 bits per heavy atom. The van der Waals surface area contributed by atoms with Crippen LogP contribution in [0.5, 0.6) is 5.75 Å². The van der Waals surface area contributed by atoms with Crippen LogP contribution in [0.25, 0.3) is 5.69 Å². The van der Waals surface area contributed by atoms with E-state index in [1.165, 1.54) is 34.0 Å². The first-order chi connectivity index (χ1) is 24.7. The maximum Gasteiger partial charge on any atom is 0.350 e.